The lowest BCUT2D eigenvalue weighted by Crippen LogP contribution is -2.14. The standard InChI is InChI=1S/C17H15F3N4O2S/c1-9-10(2)27-16(21-9)22-15(25)14-13(26-3)8-24(23-14)12-6-4-5-11(7-12)17(18,19)20/h4-8H,1-3H3,(H,21,22,25). The summed E-state index contributed by atoms with van der Waals surface area (Å²) in [6.45, 7) is 3.70. The summed E-state index contributed by atoms with van der Waals surface area (Å²) in [7, 11) is 1.35. The molecule has 3 aromatic rings. The molecule has 6 nitrogen and oxygen atoms in total. The highest BCUT2D eigenvalue weighted by Gasteiger charge is 2.30. The maximum Gasteiger partial charge on any atom is 0.416 e. The number of anilines is 1. The van der Waals surface area contributed by atoms with Crippen molar-refractivity contribution >= 4 is 22.4 Å². The van der Waals surface area contributed by atoms with Crippen LogP contribution in [0.25, 0.3) is 5.69 Å². The number of aryl methyl sites for hydroxylation is 2. The SMILES string of the molecule is COc1cn(-c2cccc(C(F)(F)F)c2)nc1C(=O)Nc1nc(C)c(C)s1. The van der Waals surface area contributed by atoms with Crippen molar-refractivity contribution in [1.82, 2.24) is 14.8 Å². The summed E-state index contributed by atoms with van der Waals surface area (Å²) in [6, 6.07) is 4.64. The smallest absolute Gasteiger partial charge is 0.416 e. The summed E-state index contributed by atoms with van der Waals surface area (Å²) in [5.41, 5.74) is 0.0921. The number of aromatic nitrogens is 3. The molecule has 0 saturated heterocycles. The molecule has 2 aromatic heterocycles. The lowest BCUT2D eigenvalue weighted by molar-refractivity contribution is -0.137. The minimum absolute atomic E-state index is 0.0552. The van der Waals surface area contributed by atoms with Crippen molar-refractivity contribution in [3.05, 3.63) is 52.3 Å². The monoisotopic (exact) mass is 396 g/mol. The van der Waals surface area contributed by atoms with Gasteiger partial charge in [-0.15, -0.1) is 11.3 Å². The van der Waals surface area contributed by atoms with E-state index in [1.807, 2.05) is 13.8 Å². The molecule has 10 heteroatoms. The Morgan fingerprint density at radius 3 is 2.63 bits per heavy atom. The van der Waals surface area contributed by atoms with Crippen LogP contribution in [0.15, 0.2) is 30.5 Å². The molecule has 0 saturated carbocycles. The number of nitrogens with one attached hydrogen (secondary N) is 1. The quantitative estimate of drug-likeness (QED) is 0.717. The van der Waals surface area contributed by atoms with Crippen molar-refractivity contribution < 1.29 is 22.7 Å². The van der Waals surface area contributed by atoms with Gasteiger partial charge in [-0.2, -0.15) is 18.3 Å². The molecule has 27 heavy (non-hydrogen) atoms. The molecule has 0 aliphatic carbocycles. The van der Waals surface area contributed by atoms with E-state index in [0.717, 1.165) is 22.7 Å². The molecular weight excluding hydrogens is 381 g/mol. The molecule has 0 fully saturated rings. The highest BCUT2D eigenvalue weighted by atomic mass is 32.1. The molecule has 0 radical (unpaired) electrons. The summed E-state index contributed by atoms with van der Waals surface area (Å²) in [6.07, 6.45) is -3.13. The number of amides is 1. The number of alkyl halides is 3. The molecule has 0 aliphatic heterocycles. The third kappa shape index (κ3) is 3.95. The van der Waals surface area contributed by atoms with Gasteiger partial charge in [-0.25, -0.2) is 9.67 Å². The van der Waals surface area contributed by atoms with Crippen molar-refractivity contribution in [2.45, 2.75) is 20.0 Å². The first kappa shape index (κ1) is 18.9. The van der Waals surface area contributed by atoms with E-state index in [-0.39, 0.29) is 17.1 Å². The van der Waals surface area contributed by atoms with E-state index >= 15 is 0 Å². The van der Waals surface area contributed by atoms with Crippen LogP contribution in [0.3, 0.4) is 0 Å². The van der Waals surface area contributed by atoms with Crippen LogP contribution in [0, 0.1) is 13.8 Å². The summed E-state index contributed by atoms with van der Waals surface area (Å²) < 4.78 is 45.1. The second kappa shape index (κ2) is 7.03. The first-order chi connectivity index (χ1) is 12.7. The van der Waals surface area contributed by atoms with Gasteiger partial charge in [-0.1, -0.05) is 6.07 Å². The Morgan fingerprint density at radius 1 is 1.30 bits per heavy atom. The van der Waals surface area contributed by atoms with Crippen molar-refractivity contribution in [3.63, 3.8) is 0 Å². The predicted octanol–water partition coefficient (Wildman–Crippen LogP) is 4.23. The molecule has 1 N–H and O–H groups in total. The van der Waals surface area contributed by atoms with E-state index in [0.29, 0.717) is 5.13 Å². The van der Waals surface area contributed by atoms with Gasteiger partial charge in [0.1, 0.15) is 0 Å². The Kier molecular flexibility index (Phi) is 4.92. The van der Waals surface area contributed by atoms with Crippen LogP contribution in [0.1, 0.15) is 26.6 Å². The molecule has 142 valence electrons. The highest BCUT2D eigenvalue weighted by molar-refractivity contribution is 7.15. The number of hydrogen-bond acceptors (Lipinski definition) is 5. The lowest BCUT2D eigenvalue weighted by Gasteiger charge is -2.08. The number of carbonyl (C=O) groups is 1. The highest BCUT2D eigenvalue weighted by Crippen LogP contribution is 2.31. The van der Waals surface area contributed by atoms with Gasteiger partial charge in [-0.05, 0) is 32.0 Å². The van der Waals surface area contributed by atoms with Crippen LogP contribution < -0.4 is 10.1 Å². The molecular formula is C17H15F3N4O2S. The second-order valence-corrected chi connectivity index (χ2v) is 6.86. The fourth-order valence-electron chi connectivity index (χ4n) is 2.30. The number of benzene rings is 1. The van der Waals surface area contributed by atoms with Crippen molar-refractivity contribution in [3.8, 4) is 11.4 Å². The van der Waals surface area contributed by atoms with Crippen molar-refractivity contribution in [2.24, 2.45) is 0 Å². The number of hydrogen-bond donors (Lipinski definition) is 1. The third-order valence-corrected chi connectivity index (χ3v) is 4.79. The Balaban J connectivity index is 1.92. The fraction of sp³-hybridized carbons (Fsp3) is 0.235. The molecule has 0 bridgehead atoms. The van der Waals surface area contributed by atoms with Gasteiger partial charge in [0.15, 0.2) is 16.6 Å². The molecule has 0 spiro atoms. The zero-order valence-corrected chi connectivity index (χ0v) is 15.4. The minimum Gasteiger partial charge on any atom is -0.493 e. The number of carbonyl (C=O) groups excluding carboxylic acids is 1. The molecule has 2 heterocycles. The van der Waals surface area contributed by atoms with Gasteiger partial charge in [0, 0.05) is 4.88 Å². The summed E-state index contributed by atoms with van der Waals surface area (Å²) in [5.74, 6) is -0.429. The van der Waals surface area contributed by atoms with Crippen LogP contribution in [0.2, 0.25) is 0 Å². The zero-order chi connectivity index (χ0) is 19.8. The normalized spacial score (nSPS) is 11.5. The van der Waals surface area contributed by atoms with E-state index in [9.17, 15) is 18.0 Å². The average molecular weight is 396 g/mol. The van der Waals surface area contributed by atoms with Crippen LogP contribution in [0.5, 0.6) is 5.75 Å². The summed E-state index contributed by atoms with van der Waals surface area (Å²) >= 11 is 1.32. The maximum atomic E-state index is 12.9. The van der Waals surface area contributed by atoms with E-state index in [2.05, 4.69) is 15.4 Å². The van der Waals surface area contributed by atoms with Crippen LogP contribution in [-0.4, -0.2) is 27.8 Å². The van der Waals surface area contributed by atoms with Gasteiger partial charge in [-0.3, -0.25) is 10.1 Å². The summed E-state index contributed by atoms with van der Waals surface area (Å²) in [4.78, 5) is 17.7. The maximum absolute atomic E-state index is 12.9. The predicted molar refractivity (Wildman–Crippen MR) is 94.7 cm³/mol. The van der Waals surface area contributed by atoms with Crippen LogP contribution >= 0.6 is 11.3 Å². The third-order valence-electron chi connectivity index (χ3n) is 3.80. The van der Waals surface area contributed by atoms with Gasteiger partial charge < -0.3 is 4.74 Å². The number of ether oxygens (including phenoxy) is 1. The first-order valence-electron chi connectivity index (χ1n) is 7.75. The van der Waals surface area contributed by atoms with Crippen molar-refractivity contribution in [1.29, 1.82) is 0 Å². The molecule has 1 amide bonds. The molecule has 0 atom stereocenters. The Morgan fingerprint density at radius 2 is 2.04 bits per heavy atom. The van der Waals surface area contributed by atoms with Gasteiger partial charge in [0.25, 0.3) is 5.91 Å². The van der Waals surface area contributed by atoms with Crippen LogP contribution in [-0.2, 0) is 6.18 Å². The fourth-order valence-corrected chi connectivity index (χ4v) is 3.11. The zero-order valence-electron chi connectivity index (χ0n) is 14.6. The Labute approximate surface area is 156 Å². The second-order valence-electron chi connectivity index (χ2n) is 5.65. The van der Waals surface area contributed by atoms with E-state index in [4.69, 9.17) is 4.74 Å². The topological polar surface area (TPSA) is 69.0 Å². The average Bonchev–Trinajstić information content (AvgIpc) is 3.18. The number of methoxy groups -OCH3 is 1. The van der Waals surface area contributed by atoms with E-state index in [1.165, 1.54) is 41.5 Å². The Hall–Kier alpha value is -2.88. The Bertz CT molecular complexity index is 975. The first-order valence-corrected chi connectivity index (χ1v) is 8.57. The summed E-state index contributed by atoms with van der Waals surface area (Å²) in [5, 5.41) is 7.12. The van der Waals surface area contributed by atoms with E-state index in [1.54, 1.807) is 0 Å². The van der Waals surface area contributed by atoms with Gasteiger partial charge in [0.05, 0.1) is 30.3 Å². The minimum atomic E-state index is -4.48. The van der Waals surface area contributed by atoms with Crippen molar-refractivity contribution in [2.75, 3.05) is 12.4 Å². The lowest BCUT2D eigenvalue weighted by atomic mass is 10.2. The van der Waals surface area contributed by atoms with E-state index < -0.39 is 17.6 Å². The van der Waals surface area contributed by atoms with Gasteiger partial charge >= 0.3 is 6.18 Å². The number of thiazole rings is 1. The van der Waals surface area contributed by atoms with Crippen LogP contribution in [0.4, 0.5) is 18.3 Å². The largest absolute Gasteiger partial charge is 0.493 e. The number of nitrogens with zero attached hydrogens (tertiary/aromatic N) is 3. The number of halogens is 3. The molecule has 0 aliphatic rings. The van der Waals surface area contributed by atoms with Gasteiger partial charge in [0.2, 0.25) is 0 Å². The molecule has 0 unspecified atom stereocenters. The molecule has 3 rings (SSSR count). The molecule has 1 aromatic carbocycles. The number of rotatable bonds is 4.